The van der Waals surface area contributed by atoms with Crippen molar-refractivity contribution >= 4 is 22.3 Å². The van der Waals surface area contributed by atoms with E-state index in [1.807, 2.05) is 56.7 Å². The molecule has 0 fully saturated rings. The maximum absolute atomic E-state index is 5.99. The van der Waals surface area contributed by atoms with Gasteiger partial charge in [-0.15, -0.1) is 0 Å². The first-order valence-electron chi connectivity index (χ1n) is 13.9. The molecule has 41 heavy (non-hydrogen) atoms. The summed E-state index contributed by atoms with van der Waals surface area (Å²) < 4.78 is 17.4. The molecule has 0 bridgehead atoms. The molecule has 0 saturated carbocycles. The van der Waals surface area contributed by atoms with Gasteiger partial charge in [-0.05, 0) is 65.2 Å². The molecule has 1 aromatic heterocycles. The molecule has 0 aliphatic rings. The van der Waals surface area contributed by atoms with Crippen LogP contribution in [0.1, 0.15) is 16.7 Å². The van der Waals surface area contributed by atoms with Crippen molar-refractivity contribution in [3.05, 3.63) is 126 Å². The number of hydrogen-bond donors (Lipinski definition) is 0. The fraction of sp³-hybridized carbons (Fsp3) is 0.229. The summed E-state index contributed by atoms with van der Waals surface area (Å²) in [5, 5.41) is 1.14. The van der Waals surface area contributed by atoms with Crippen LogP contribution in [0.3, 0.4) is 0 Å². The Kier molecular flexibility index (Phi) is 9.34. The first-order valence-corrected chi connectivity index (χ1v) is 13.9. The van der Waals surface area contributed by atoms with E-state index in [0.29, 0.717) is 19.8 Å². The number of pyridine rings is 1. The van der Waals surface area contributed by atoms with E-state index < -0.39 is 0 Å². The van der Waals surface area contributed by atoms with E-state index in [1.54, 1.807) is 7.11 Å². The second-order valence-electron chi connectivity index (χ2n) is 10.2. The smallest absolute Gasteiger partial charge is 0.121 e. The summed E-state index contributed by atoms with van der Waals surface area (Å²) in [6, 6.07) is 35.4. The molecule has 0 saturated heterocycles. The van der Waals surface area contributed by atoms with Crippen LogP contribution in [-0.2, 0) is 24.4 Å². The molecule has 5 rings (SSSR count). The van der Waals surface area contributed by atoms with Crippen LogP contribution in [0.25, 0.3) is 10.9 Å². The van der Waals surface area contributed by atoms with Crippen molar-refractivity contribution in [1.82, 2.24) is 4.98 Å². The summed E-state index contributed by atoms with van der Waals surface area (Å²) >= 11 is 0. The molecule has 4 aromatic carbocycles. The fourth-order valence-electron chi connectivity index (χ4n) is 4.76. The van der Waals surface area contributed by atoms with Gasteiger partial charge in [-0.1, -0.05) is 48.5 Å². The molecule has 210 valence electrons. The lowest BCUT2D eigenvalue weighted by molar-refractivity contribution is 0.0889. The van der Waals surface area contributed by atoms with Crippen molar-refractivity contribution in [2.45, 2.75) is 19.7 Å². The minimum Gasteiger partial charge on any atom is -0.497 e. The molecule has 0 atom stereocenters. The molecule has 0 aliphatic carbocycles. The van der Waals surface area contributed by atoms with Gasteiger partial charge in [0.25, 0.3) is 0 Å². The summed E-state index contributed by atoms with van der Waals surface area (Å²) in [5.41, 5.74) is 6.75. The van der Waals surface area contributed by atoms with Gasteiger partial charge in [0.1, 0.15) is 18.1 Å². The van der Waals surface area contributed by atoms with E-state index in [4.69, 9.17) is 14.2 Å². The van der Waals surface area contributed by atoms with Crippen LogP contribution in [0.5, 0.6) is 11.5 Å². The Hall–Kier alpha value is -4.55. The fourth-order valence-corrected chi connectivity index (χ4v) is 4.76. The summed E-state index contributed by atoms with van der Waals surface area (Å²) in [4.78, 5) is 9.00. The van der Waals surface area contributed by atoms with Crippen molar-refractivity contribution in [2.75, 3.05) is 44.2 Å². The Balaban J connectivity index is 1.26. The predicted molar refractivity (Wildman–Crippen MR) is 167 cm³/mol. The molecule has 0 radical (unpaired) electrons. The third-order valence-electron chi connectivity index (χ3n) is 6.93. The van der Waals surface area contributed by atoms with Gasteiger partial charge in [0.15, 0.2) is 0 Å². The first kappa shape index (κ1) is 28.0. The number of anilines is 2. The van der Waals surface area contributed by atoms with Crippen molar-refractivity contribution < 1.29 is 14.2 Å². The third-order valence-corrected chi connectivity index (χ3v) is 6.93. The number of hydrogen-bond acceptors (Lipinski definition) is 6. The highest BCUT2D eigenvalue weighted by Crippen LogP contribution is 2.25. The second-order valence-corrected chi connectivity index (χ2v) is 10.2. The summed E-state index contributed by atoms with van der Waals surface area (Å²) in [6.07, 6.45) is 1.84. The number of nitrogens with zero attached hydrogens (tertiary/aromatic N) is 3. The number of rotatable bonds is 13. The second kappa shape index (κ2) is 13.7. The number of benzene rings is 4. The zero-order valence-electron chi connectivity index (χ0n) is 24.0. The quantitative estimate of drug-likeness (QED) is 0.146. The average molecular weight is 548 g/mol. The molecule has 0 aliphatic heterocycles. The maximum Gasteiger partial charge on any atom is 0.121 e. The largest absolute Gasteiger partial charge is 0.497 e. The number of fused-ring (bicyclic) bond motifs is 1. The van der Waals surface area contributed by atoms with E-state index in [9.17, 15) is 0 Å². The summed E-state index contributed by atoms with van der Waals surface area (Å²) in [5.74, 6) is 1.70. The molecular weight excluding hydrogens is 510 g/mol. The lowest BCUT2D eigenvalue weighted by Gasteiger charge is -2.26. The molecular formula is C35H37N3O3. The Bertz CT molecular complexity index is 1570. The topological polar surface area (TPSA) is 47.1 Å². The van der Waals surface area contributed by atoms with Gasteiger partial charge in [-0.2, -0.15) is 0 Å². The van der Waals surface area contributed by atoms with Crippen LogP contribution >= 0.6 is 0 Å². The van der Waals surface area contributed by atoms with Crippen molar-refractivity contribution in [1.29, 1.82) is 0 Å². The highest BCUT2D eigenvalue weighted by molar-refractivity contribution is 5.79. The maximum atomic E-state index is 5.99. The third kappa shape index (κ3) is 7.77. The van der Waals surface area contributed by atoms with Crippen molar-refractivity contribution in [3.63, 3.8) is 0 Å². The summed E-state index contributed by atoms with van der Waals surface area (Å²) in [6.45, 7) is 3.00. The summed E-state index contributed by atoms with van der Waals surface area (Å²) in [7, 11) is 5.74. The molecule has 0 N–H and O–H groups in total. The van der Waals surface area contributed by atoms with Gasteiger partial charge in [-0.25, -0.2) is 0 Å². The Morgan fingerprint density at radius 1 is 0.659 bits per heavy atom. The molecule has 1 heterocycles. The average Bonchev–Trinajstić information content (AvgIpc) is 3.01. The van der Waals surface area contributed by atoms with Gasteiger partial charge in [0.05, 0.1) is 25.8 Å². The van der Waals surface area contributed by atoms with Crippen LogP contribution in [-0.4, -0.2) is 39.4 Å². The highest BCUT2D eigenvalue weighted by atomic mass is 16.5. The van der Waals surface area contributed by atoms with E-state index >= 15 is 0 Å². The Morgan fingerprint density at radius 2 is 1.41 bits per heavy atom. The molecule has 5 aromatic rings. The standard InChI is InChI=1S/C35H37N3O3/c1-37(2)31-11-6-14-34(23-31)41-19-18-40-26-29-9-4-12-32(20-29)38(24-27-8-5-13-33(21-27)39-3)25-28-15-16-30-10-7-17-36-35(30)22-28/h4-17,20-23H,18-19,24-26H2,1-3H3. The zero-order valence-corrected chi connectivity index (χ0v) is 24.0. The molecule has 0 spiro atoms. The zero-order chi connectivity index (χ0) is 28.4. The van der Waals surface area contributed by atoms with Gasteiger partial charge >= 0.3 is 0 Å². The molecule has 0 amide bonds. The lowest BCUT2D eigenvalue weighted by atomic mass is 10.1. The lowest BCUT2D eigenvalue weighted by Crippen LogP contribution is -2.22. The molecule has 6 nitrogen and oxygen atoms in total. The van der Waals surface area contributed by atoms with Crippen molar-refractivity contribution in [2.24, 2.45) is 0 Å². The monoisotopic (exact) mass is 547 g/mol. The van der Waals surface area contributed by atoms with Crippen LogP contribution < -0.4 is 19.3 Å². The molecule has 0 unspecified atom stereocenters. The molecule has 6 heteroatoms. The normalized spacial score (nSPS) is 10.9. The van der Waals surface area contributed by atoms with E-state index in [1.165, 1.54) is 11.1 Å². The minimum atomic E-state index is 0.495. The van der Waals surface area contributed by atoms with Gasteiger partial charge in [-0.3, -0.25) is 4.98 Å². The SMILES string of the molecule is COc1cccc(CN(Cc2ccc3cccnc3c2)c2cccc(COCCOc3cccc(N(C)C)c3)c2)c1. The number of aromatic nitrogens is 1. The van der Waals surface area contributed by atoms with Crippen LogP contribution in [0, 0.1) is 0 Å². The number of methoxy groups -OCH3 is 1. The van der Waals surface area contributed by atoms with Crippen LogP contribution in [0.15, 0.2) is 109 Å². The minimum absolute atomic E-state index is 0.495. The van der Waals surface area contributed by atoms with Gasteiger partial charge < -0.3 is 24.0 Å². The Morgan fingerprint density at radius 3 is 2.27 bits per heavy atom. The van der Waals surface area contributed by atoms with E-state index in [2.05, 4.69) is 81.5 Å². The van der Waals surface area contributed by atoms with Crippen LogP contribution in [0.4, 0.5) is 11.4 Å². The highest BCUT2D eigenvalue weighted by Gasteiger charge is 2.11. The van der Waals surface area contributed by atoms with Crippen molar-refractivity contribution in [3.8, 4) is 11.5 Å². The van der Waals surface area contributed by atoms with E-state index in [0.717, 1.165) is 52.4 Å². The Labute approximate surface area is 242 Å². The van der Waals surface area contributed by atoms with E-state index in [-0.39, 0.29) is 0 Å². The van der Waals surface area contributed by atoms with Gasteiger partial charge in [0.2, 0.25) is 0 Å². The number of ether oxygens (including phenoxy) is 3. The van der Waals surface area contributed by atoms with Gasteiger partial charge in [0, 0.05) is 56.2 Å². The predicted octanol–water partition coefficient (Wildman–Crippen LogP) is 7.11. The first-order chi connectivity index (χ1) is 20.1. The van der Waals surface area contributed by atoms with Crippen LogP contribution in [0.2, 0.25) is 0 Å².